The van der Waals surface area contributed by atoms with E-state index in [1.54, 1.807) is 7.05 Å². The lowest BCUT2D eigenvalue weighted by atomic mass is 10.2. The largest absolute Gasteiger partial charge is 0.452 e. The van der Waals surface area contributed by atoms with Crippen molar-refractivity contribution < 1.29 is 27.6 Å². The van der Waals surface area contributed by atoms with Crippen molar-refractivity contribution in [3.63, 3.8) is 0 Å². The van der Waals surface area contributed by atoms with Crippen LogP contribution in [-0.4, -0.2) is 57.5 Å². The summed E-state index contributed by atoms with van der Waals surface area (Å²) in [4.78, 5) is 31.3. The fourth-order valence-corrected chi connectivity index (χ4v) is 3.85. The van der Waals surface area contributed by atoms with Crippen molar-refractivity contribution in [1.29, 1.82) is 0 Å². The smallest absolute Gasteiger partial charge is 0.338 e. The van der Waals surface area contributed by atoms with E-state index < -0.39 is 22.6 Å². The van der Waals surface area contributed by atoms with Gasteiger partial charge in [-0.15, -0.1) is 11.3 Å². The number of nitrogens with zero attached hydrogens (tertiary/aromatic N) is 2. The molecule has 2 aromatic rings. The Morgan fingerprint density at radius 2 is 1.89 bits per heavy atom. The van der Waals surface area contributed by atoms with Crippen molar-refractivity contribution in [2.24, 2.45) is 0 Å². The van der Waals surface area contributed by atoms with Crippen LogP contribution in [0.5, 0.6) is 0 Å². The van der Waals surface area contributed by atoms with Crippen LogP contribution in [0.4, 0.5) is 0 Å². The van der Waals surface area contributed by atoms with Gasteiger partial charge in [0.2, 0.25) is 0 Å². The minimum atomic E-state index is -3.89. The van der Waals surface area contributed by atoms with Crippen molar-refractivity contribution in [3.05, 3.63) is 52.2 Å². The Kier molecular flexibility index (Phi) is 7.08. The van der Waals surface area contributed by atoms with Crippen LogP contribution in [0.3, 0.4) is 0 Å². The highest BCUT2D eigenvalue weighted by Crippen LogP contribution is 2.17. The Balaban J connectivity index is 2.00. The molecular formula is C17H20N2O6S2. The van der Waals surface area contributed by atoms with Crippen molar-refractivity contribution in [1.82, 2.24) is 9.37 Å². The molecule has 0 unspecified atom stereocenters. The van der Waals surface area contributed by atoms with E-state index in [9.17, 15) is 18.0 Å². The number of sulfonamides is 1. The fourth-order valence-electron chi connectivity index (χ4n) is 2.08. The second-order valence-electron chi connectivity index (χ2n) is 5.53. The standard InChI is InChI=1S/C17H20N2O6S2/c1-18(11-14-7-5-9-26-14)16(20)12-25-17(21)13-6-4-8-15(10-13)27(22,23)19(2)24-3/h4-10H,11-12H2,1-3H3. The third-order valence-electron chi connectivity index (χ3n) is 3.69. The molecule has 0 saturated heterocycles. The molecule has 10 heteroatoms. The molecule has 0 aliphatic carbocycles. The Labute approximate surface area is 161 Å². The van der Waals surface area contributed by atoms with Gasteiger partial charge >= 0.3 is 5.97 Å². The van der Waals surface area contributed by atoms with Gasteiger partial charge in [-0.25, -0.2) is 13.2 Å². The van der Waals surface area contributed by atoms with Crippen molar-refractivity contribution in [2.45, 2.75) is 11.4 Å². The number of rotatable bonds is 8. The summed E-state index contributed by atoms with van der Waals surface area (Å²) in [6, 6.07) is 9.13. The second kappa shape index (κ2) is 9.09. The highest BCUT2D eigenvalue weighted by atomic mass is 32.2. The van der Waals surface area contributed by atoms with Gasteiger partial charge in [0.15, 0.2) is 6.61 Å². The van der Waals surface area contributed by atoms with Gasteiger partial charge in [0, 0.05) is 19.0 Å². The van der Waals surface area contributed by atoms with E-state index in [4.69, 9.17) is 9.57 Å². The normalized spacial score (nSPS) is 11.4. The van der Waals surface area contributed by atoms with Crippen LogP contribution in [0.15, 0.2) is 46.7 Å². The van der Waals surface area contributed by atoms with Crippen molar-refractivity contribution in [3.8, 4) is 0 Å². The van der Waals surface area contributed by atoms with E-state index in [1.165, 1.54) is 54.7 Å². The zero-order valence-electron chi connectivity index (χ0n) is 15.1. The lowest BCUT2D eigenvalue weighted by Crippen LogP contribution is -2.30. The lowest BCUT2D eigenvalue weighted by Gasteiger charge is -2.16. The molecule has 0 aliphatic rings. The van der Waals surface area contributed by atoms with Gasteiger partial charge < -0.3 is 9.64 Å². The van der Waals surface area contributed by atoms with Gasteiger partial charge in [-0.3, -0.25) is 9.63 Å². The Morgan fingerprint density at radius 3 is 2.52 bits per heavy atom. The Morgan fingerprint density at radius 1 is 1.15 bits per heavy atom. The maximum absolute atomic E-state index is 12.2. The first-order valence-corrected chi connectivity index (χ1v) is 10.1. The molecule has 0 N–H and O–H groups in total. The third kappa shape index (κ3) is 5.36. The maximum Gasteiger partial charge on any atom is 0.338 e. The number of hydrogen-bond acceptors (Lipinski definition) is 7. The molecule has 0 atom stereocenters. The fraction of sp³-hybridized carbons (Fsp3) is 0.294. The summed E-state index contributed by atoms with van der Waals surface area (Å²) in [5.74, 6) is -1.15. The monoisotopic (exact) mass is 412 g/mol. The predicted octanol–water partition coefficient (Wildman–Crippen LogP) is 1.75. The van der Waals surface area contributed by atoms with Gasteiger partial charge in [-0.1, -0.05) is 16.6 Å². The molecule has 1 aromatic carbocycles. The number of carbonyl (C=O) groups excluding carboxylic acids is 2. The quantitative estimate of drug-likeness (QED) is 0.484. The summed E-state index contributed by atoms with van der Waals surface area (Å²) in [5, 5.41) is 1.91. The average molecular weight is 412 g/mol. The molecule has 1 aromatic heterocycles. The van der Waals surface area contributed by atoms with E-state index in [-0.39, 0.29) is 16.4 Å². The number of likely N-dealkylation sites (N-methyl/N-ethyl adjacent to an activating group) is 1. The SMILES string of the molecule is CON(C)S(=O)(=O)c1cccc(C(=O)OCC(=O)N(C)Cc2cccs2)c1. The number of benzene rings is 1. The van der Waals surface area contributed by atoms with Crippen LogP contribution in [0, 0.1) is 0 Å². The van der Waals surface area contributed by atoms with Gasteiger partial charge in [0.1, 0.15) is 0 Å². The molecule has 0 aliphatic heterocycles. The van der Waals surface area contributed by atoms with E-state index >= 15 is 0 Å². The summed E-state index contributed by atoms with van der Waals surface area (Å²) in [7, 11) is 0.180. The number of hydrogen-bond donors (Lipinski definition) is 0. The van der Waals surface area contributed by atoms with E-state index in [2.05, 4.69) is 0 Å². The van der Waals surface area contributed by atoms with E-state index in [0.29, 0.717) is 11.0 Å². The minimum Gasteiger partial charge on any atom is -0.452 e. The second-order valence-corrected chi connectivity index (χ2v) is 8.50. The maximum atomic E-state index is 12.2. The average Bonchev–Trinajstić information content (AvgIpc) is 3.18. The summed E-state index contributed by atoms with van der Waals surface area (Å²) in [6.45, 7) is -0.0131. The molecule has 0 bridgehead atoms. The zero-order valence-corrected chi connectivity index (χ0v) is 16.7. The first kappa shape index (κ1) is 21.0. The number of hydroxylamine groups is 1. The van der Waals surface area contributed by atoms with Crippen LogP contribution in [-0.2, 0) is 30.9 Å². The van der Waals surface area contributed by atoms with Crippen molar-refractivity contribution in [2.75, 3.05) is 27.8 Å². The minimum absolute atomic E-state index is 0.0225. The summed E-state index contributed by atoms with van der Waals surface area (Å²) in [6.07, 6.45) is 0. The molecule has 2 rings (SSSR count). The molecule has 0 radical (unpaired) electrons. The van der Waals surface area contributed by atoms with Gasteiger partial charge in [0.05, 0.1) is 24.1 Å². The molecular weight excluding hydrogens is 392 g/mol. The molecule has 0 spiro atoms. The number of amides is 1. The molecule has 1 amide bonds. The predicted molar refractivity (Wildman–Crippen MR) is 99.5 cm³/mol. The highest BCUT2D eigenvalue weighted by molar-refractivity contribution is 7.89. The van der Waals surface area contributed by atoms with Gasteiger partial charge in [0.25, 0.3) is 15.9 Å². The Bertz CT molecular complexity index is 896. The number of thiophene rings is 1. The zero-order chi connectivity index (χ0) is 20.0. The number of carbonyl (C=O) groups is 2. The first-order valence-electron chi connectivity index (χ1n) is 7.82. The number of ether oxygens (including phenoxy) is 1. The topological polar surface area (TPSA) is 93.2 Å². The van der Waals surface area contributed by atoms with Crippen molar-refractivity contribution >= 4 is 33.2 Å². The van der Waals surface area contributed by atoms with Crippen LogP contribution in [0.25, 0.3) is 0 Å². The number of esters is 1. The molecule has 146 valence electrons. The van der Waals surface area contributed by atoms with Crippen LogP contribution >= 0.6 is 11.3 Å². The first-order chi connectivity index (χ1) is 12.8. The highest BCUT2D eigenvalue weighted by Gasteiger charge is 2.22. The van der Waals surface area contributed by atoms with E-state index in [0.717, 1.165) is 4.88 Å². The summed E-state index contributed by atoms with van der Waals surface area (Å²) in [5.41, 5.74) is 0.0225. The summed E-state index contributed by atoms with van der Waals surface area (Å²) < 4.78 is 30.2. The Hall–Kier alpha value is -2.27. The van der Waals surface area contributed by atoms with Gasteiger partial charge in [-0.05, 0) is 29.6 Å². The van der Waals surface area contributed by atoms with Crippen LogP contribution in [0.2, 0.25) is 0 Å². The molecule has 1 heterocycles. The molecule has 0 fully saturated rings. The van der Waals surface area contributed by atoms with Crippen LogP contribution < -0.4 is 0 Å². The van der Waals surface area contributed by atoms with Gasteiger partial charge in [-0.2, -0.15) is 0 Å². The molecule has 27 heavy (non-hydrogen) atoms. The van der Waals surface area contributed by atoms with Crippen LogP contribution in [0.1, 0.15) is 15.2 Å². The van der Waals surface area contributed by atoms with E-state index in [1.807, 2.05) is 17.5 Å². The third-order valence-corrected chi connectivity index (χ3v) is 6.23. The molecule has 8 nitrogen and oxygen atoms in total. The molecule has 0 saturated carbocycles. The summed E-state index contributed by atoms with van der Waals surface area (Å²) >= 11 is 1.53. The lowest BCUT2D eigenvalue weighted by molar-refractivity contribution is -0.133.